The van der Waals surface area contributed by atoms with Gasteiger partial charge in [0.25, 0.3) is 5.91 Å². The fourth-order valence-electron chi connectivity index (χ4n) is 4.52. The van der Waals surface area contributed by atoms with Crippen molar-refractivity contribution in [3.8, 4) is 0 Å². The summed E-state index contributed by atoms with van der Waals surface area (Å²) in [5, 5.41) is 10.0. The van der Waals surface area contributed by atoms with Crippen molar-refractivity contribution in [2.75, 3.05) is 52.5 Å². The van der Waals surface area contributed by atoms with Gasteiger partial charge in [-0.2, -0.15) is 0 Å². The van der Waals surface area contributed by atoms with E-state index in [9.17, 15) is 9.90 Å². The standard InChI is InChI=1S/C22H38N4O4/c1-3-26(18-8-6-5-7-9-18)22(28)20-17-30-21(23-20)15-25-12-10-24(11-13-25)14-19(27)16-29-4-2/h17-19,27H,3-16H2,1-2H3/t19-/m0/s1. The van der Waals surface area contributed by atoms with Crippen LogP contribution in [0.2, 0.25) is 0 Å². The van der Waals surface area contributed by atoms with Crippen LogP contribution in [0.25, 0.3) is 0 Å². The minimum Gasteiger partial charge on any atom is -0.447 e. The van der Waals surface area contributed by atoms with Gasteiger partial charge in [-0.05, 0) is 26.7 Å². The van der Waals surface area contributed by atoms with Crippen molar-refractivity contribution in [1.29, 1.82) is 0 Å². The topological polar surface area (TPSA) is 82.3 Å². The van der Waals surface area contributed by atoms with E-state index in [1.807, 2.05) is 18.7 Å². The molecule has 1 aliphatic heterocycles. The lowest BCUT2D eigenvalue weighted by Crippen LogP contribution is -2.48. The molecule has 1 saturated heterocycles. The summed E-state index contributed by atoms with van der Waals surface area (Å²) >= 11 is 0. The van der Waals surface area contributed by atoms with Gasteiger partial charge >= 0.3 is 0 Å². The maximum Gasteiger partial charge on any atom is 0.276 e. The van der Waals surface area contributed by atoms with Crippen LogP contribution in [0.5, 0.6) is 0 Å². The third kappa shape index (κ3) is 6.51. The number of hydrogen-bond donors (Lipinski definition) is 1. The summed E-state index contributed by atoms with van der Waals surface area (Å²) in [6, 6.07) is 0.336. The van der Waals surface area contributed by atoms with Gasteiger partial charge in [0, 0.05) is 51.9 Å². The summed E-state index contributed by atoms with van der Waals surface area (Å²) in [5.74, 6) is 0.593. The number of aliphatic hydroxyl groups is 1. The molecule has 1 aromatic rings. The minimum absolute atomic E-state index is 0.00694. The SMILES string of the molecule is CCOC[C@@H](O)CN1CCN(Cc2nc(C(=O)N(CC)C3CCCCC3)co2)CC1. The number of aromatic nitrogens is 1. The molecule has 0 bridgehead atoms. The summed E-state index contributed by atoms with van der Waals surface area (Å²) in [6.45, 7) is 10.5. The van der Waals surface area contributed by atoms with Gasteiger partial charge in [-0.1, -0.05) is 19.3 Å². The highest BCUT2D eigenvalue weighted by molar-refractivity contribution is 5.92. The average Bonchev–Trinajstić information content (AvgIpc) is 3.23. The Morgan fingerprint density at radius 3 is 2.60 bits per heavy atom. The van der Waals surface area contributed by atoms with E-state index in [1.165, 1.54) is 25.5 Å². The lowest BCUT2D eigenvalue weighted by Gasteiger charge is -2.34. The summed E-state index contributed by atoms with van der Waals surface area (Å²) in [4.78, 5) is 24.0. The molecule has 2 fully saturated rings. The lowest BCUT2D eigenvalue weighted by molar-refractivity contribution is 0.00948. The van der Waals surface area contributed by atoms with Gasteiger partial charge in [0.05, 0.1) is 19.3 Å². The molecule has 8 nitrogen and oxygen atoms in total. The number of nitrogens with zero attached hydrogens (tertiary/aromatic N) is 4. The van der Waals surface area contributed by atoms with Crippen molar-refractivity contribution < 1.29 is 19.1 Å². The average molecular weight is 423 g/mol. The lowest BCUT2D eigenvalue weighted by atomic mass is 9.94. The zero-order valence-electron chi connectivity index (χ0n) is 18.6. The van der Waals surface area contributed by atoms with Gasteiger partial charge in [0.2, 0.25) is 5.89 Å². The van der Waals surface area contributed by atoms with Gasteiger partial charge in [-0.25, -0.2) is 4.98 Å². The first-order chi connectivity index (χ1) is 14.6. The monoisotopic (exact) mass is 422 g/mol. The van der Waals surface area contributed by atoms with Crippen LogP contribution >= 0.6 is 0 Å². The van der Waals surface area contributed by atoms with Crippen LogP contribution in [0.4, 0.5) is 0 Å². The van der Waals surface area contributed by atoms with Crippen LogP contribution < -0.4 is 0 Å². The maximum absolute atomic E-state index is 13.0. The van der Waals surface area contributed by atoms with E-state index >= 15 is 0 Å². The molecule has 0 aromatic carbocycles. The summed E-state index contributed by atoms with van der Waals surface area (Å²) in [6.07, 6.45) is 6.93. The molecule has 1 aliphatic carbocycles. The molecule has 0 unspecified atom stereocenters. The Balaban J connectivity index is 1.46. The largest absolute Gasteiger partial charge is 0.447 e. The van der Waals surface area contributed by atoms with Crippen molar-refractivity contribution in [3.63, 3.8) is 0 Å². The molecule has 1 aromatic heterocycles. The Bertz CT molecular complexity index is 639. The van der Waals surface area contributed by atoms with Crippen molar-refractivity contribution in [2.24, 2.45) is 0 Å². The molecule has 1 atom stereocenters. The Kier molecular flexibility index (Phi) is 9.11. The second-order valence-corrected chi connectivity index (χ2v) is 8.40. The third-order valence-electron chi connectivity index (χ3n) is 6.19. The van der Waals surface area contributed by atoms with Crippen molar-refractivity contribution >= 4 is 5.91 Å². The van der Waals surface area contributed by atoms with E-state index in [-0.39, 0.29) is 5.91 Å². The predicted molar refractivity (Wildman–Crippen MR) is 114 cm³/mol. The predicted octanol–water partition coefficient (Wildman–Crippen LogP) is 1.98. The van der Waals surface area contributed by atoms with Crippen LogP contribution in [-0.4, -0.2) is 95.3 Å². The molecular formula is C22H38N4O4. The van der Waals surface area contributed by atoms with Crippen LogP contribution in [-0.2, 0) is 11.3 Å². The highest BCUT2D eigenvalue weighted by atomic mass is 16.5. The number of ether oxygens (including phenoxy) is 1. The maximum atomic E-state index is 13.0. The van der Waals surface area contributed by atoms with Crippen molar-refractivity contribution in [2.45, 2.75) is 64.6 Å². The van der Waals surface area contributed by atoms with Crippen molar-refractivity contribution in [3.05, 3.63) is 17.8 Å². The highest BCUT2D eigenvalue weighted by Gasteiger charge is 2.27. The first kappa shape index (κ1) is 23.2. The zero-order chi connectivity index (χ0) is 21.3. The molecule has 2 aliphatic rings. The highest BCUT2D eigenvalue weighted by Crippen LogP contribution is 2.24. The fourth-order valence-corrected chi connectivity index (χ4v) is 4.52. The van der Waals surface area contributed by atoms with Gasteiger partial charge in [-0.15, -0.1) is 0 Å². The van der Waals surface area contributed by atoms with Crippen LogP contribution in [0.15, 0.2) is 10.7 Å². The van der Waals surface area contributed by atoms with Crippen LogP contribution in [0, 0.1) is 0 Å². The molecule has 0 radical (unpaired) electrons. The number of β-amino-alcohol motifs (C(OH)–C–C–N with tert-alkyl or cyclic N) is 1. The molecule has 1 saturated carbocycles. The molecule has 30 heavy (non-hydrogen) atoms. The Morgan fingerprint density at radius 1 is 1.23 bits per heavy atom. The van der Waals surface area contributed by atoms with E-state index < -0.39 is 6.10 Å². The molecular weight excluding hydrogens is 384 g/mol. The van der Waals surface area contributed by atoms with E-state index in [0.29, 0.717) is 50.5 Å². The Labute approximate surface area is 180 Å². The molecule has 3 rings (SSSR count). The second-order valence-electron chi connectivity index (χ2n) is 8.40. The number of hydrogen-bond acceptors (Lipinski definition) is 7. The van der Waals surface area contributed by atoms with E-state index in [0.717, 1.165) is 39.0 Å². The molecule has 170 valence electrons. The first-order valence-electron chi connectivity index (χ1n) is 11.6. The zero-order valence-corrected chi connectivity index (χ0v) is 18.6. The number of aliphatic hydroxyl groups excluding tert-OH is 1. The summed E-state index contributed by atoms with van der Waals surface area (Å²) < 4.78 is 10.9. The number of piperazine rings is 1. The third-order valence-corrected chi connectivity index (χ3v) is 6.19. The van der Waals surface area contributed by atoms with E-state index in [1.54, 1.807) is 0 Å². The van der Waals surface area contributed by atoms with Gasteiger partial charge in [0.1, 0.15) is 6.26 Å². The first-order valence-corrected chi connectivity index (χ1v) is 11.6. The van der Waals surface area contributed by atoms with E-state index in [2.05, 4.69) is 14.8 Å². The number of oxazole rings is 1. The quantitative estimate of drug-likeness (QED) is 0.617. The van der Waals surface area contributed by atoms with E-state index in [4.69, 9.17) is 9.15 Å². The fraction of sp³-hybridized carbons (Fsp3) is 0.818. The molecule has 8 heteroatoms. The van der Waals surface area contributed by atoms with Crippen LogP contribution in [0.3, 0.4) is 0 Å². The number of amides is 1. The molecule has 2 heterocycles. The number of rotatable bonds is 10. The molecule has 0 spiro atoms. The summed E-state index contributed by atoms with van der Waals surface area (Å²) in [7, 11) is 0. The Hall–Kier alpha value is -1.48. The van der Waals surface area contributed by atoms with Gasteiger partial charge < -0.3 is 19.2 Å². The molecule has 1 N–H and O–H groups in total. The smallest absolute Gasteiger partial charge is 0.276 e. The number of carbonyl (C=O) groups is 1. The van der Waals surface area contributed by atoms with Gasteiger partial charge in [-0.3, -0.25) is 14.6 Å². The molecule has 1 amide bonds. The minimum atomic E-state index is -0.442. The summed E-state index contributed by atoms with van der Waals surface area (Å²) in [5.41, 5.74) is 0.426. The second kappa shape index (κ2) is 11.8. The van der Waals surface area contributed by atoms with Crippen molar-refractivity contribution in [1.82, 2.24) is 19.7 Å². The van der Waals surface area contributed by atoms with Gasteiger partial charge in [0.15, 0.2) is 5.69 Å². The number of carbonyl (C=O) groups excluding carboxylic acids is 1. The Morgan fingerprint density at radius 2 is 1.93 bits per heavy atom. The van der Waals surface area contributed by atoms with Crippen LogP contribution in [0.1, 0.15) is 62.3 Å². The normalized spacial score (nSPS) is 20.4.